The fraction of sp³-hybridized carbons (Fsp3) is 0.750. The van der Waals surface area contributed by atoms with E-state index in [0.717, 1.165) is 31.5 Å². The second-order valence-electron chi connectivity index (χ2n) is 5.11. The van der Waals surface area contributed by atoms with Crippen molar-refractivity contribution >= 4 is 0 Å². The molecule has 0 bridgehead atoms. The number of aliphatic hydroxyl groups is 1. The largest absolute Gasteiger partial charge is 0.389 e. The van der Waals surface area contributed by atoms with Gasteiger partial charge in [0.05, 0.1) is 11.9 Å². The fourth-order valence-corrected chi connectivity index (χ4v) is 2.60. The van der Waals surface area contributed by atoms with E-state index in [1.165, 1.54) is 6.42 Å². The lowest BCUT2D eigenvalue weighted by Crippen LogP contribution is -2.43. The normalized spacial score (nSPS) is 30.5. The predicted octanol–water partition coefficient (Wildman–Crippen LogP) is 1.44. The molecule has 2 rings (SSSR count). The molecular formula is C12H21N3O. The van der Waals surface area contributed by atoms with E-state index >= 15 is 0 Å². The van der Waals surface area contributed by atoms with Crippen LogP contribution in [0, 0.1) is 5.92 Å². The number of hydrogen-bond donors (Lipinski definition) is 3. The summed E-state index contributed by atoms with van der Waals surface area (Å²) in [4.78, 5) is 7.00. The van der Waals surface area contributed by atoms with Crippen molar-refractivity contribution in [2.45, 2.75) is 44.8 Å². The third-order valence-corrected chi connectivity index (χ3v) is 3.39. The SMILES string of the molecule is CC1CCCC(O)(CNCc2cnc[nH]2)C1. The Balaban J connectivity index is 1.76. The molecule has 1 aromatic heterocycles. The number of rotatable bonds is 4. The summed E-state index contributed by atoms with van der Waals surface area (Å²) < 4.78 is 0. The first-order valence-electron chi connectivity index (χ1n) is 6.08. The van der Waals surface area contributed by atoms with Gasteiger partial charge in [0, 0.05) is 25.0 Å². The van der Waals surface area contributed by atoms with Crippen molar-refractivity contribution in [2.24, 2.45) is 5.92 Å². The van der Waals surface area contributed by atoms with Crippen LogP contribution < -0.4 is 5.32 Å². The minimum Gasteiger partial charge on any atom is -0.389 e. The summed E-state index contributed by atoms with van der Waals surface area (Å²) in [6.07, 6.45) is 7.72. The Labute approximate surface area is 96.5 Å². The summed E-state index contributed by atoms with van der Waals surface area (Å²) in [5.41, 5.74) is 0.560. The minimum absolute atomic E-state index is 0.502. The topological polar surface area (TPSA) is 60.9 Å². The van der Waals surface area contributed by atoms with E-state index in [1.54, 1.807) is 12.5 Å². The highest BCUT2D eigenvalue weighted by Crippen LogP contribution is 2.31. The molecule has 2 unspecified atom stereocenters. The quantitative estimate of drug-likeness (QED) is 0.724. The molecule has 4 heteroatoms. The van der Waals surface area contributed by atoms with E-state index in [0.29, 0.717) is 12.5 Å². The molecule has 4 nitrogen and oxygen atoms in total. The maximum atomic E-state index is 10.4. The zero-order valence-corrected chi connectivity index (χ0v) is 9.87. The summed E-state index contributed by atoms with van der Waals surface area (Å²) in [5, 5.41) is 13.7. The molecule has 0 saturated heterocycles. The van der Waals surface area contributed by atoms with Gasteiger partial charge in [-0.1, -0.05) is 19.8 Å². The smallest absolute Gasteiger partial charge is 0.0922 e. The molecule has 0 radical (unpaired) electrons. The molecule has 1 aliphatic rings. The molecule has 1 aliphatic carbocycles. The van der Waals surface area contributed by atoms with Crippen LogP contribution in [-0.4, -0.2) is 27.2 Å². The average Bonchev–Trinajstić information content (AvgIpc) is 2.69. The van der Waals surface area contributed by atoms with Crippen LogP contribution >= 0.6 is 0 Å². The van der Waals surface area contributed by atoms with Gasteiger partial charge in [-0.25, -0.2) is 4.98 Å². The van der Waals surface area contributed by atoms with Crippen molar-refractivity contribution < 1.29 is 5.11 Å². The fourth-order valence-electron chi connectivity index (χ4n) is 2.60. The van der Waals surface area contributed by atoms with Gasteiger partial charge in [-0.05, 0) is 18.8 Å². The summed E-state index contributed by atoms with van der Waals surface area (Å²) in [6, 6.07) is 0. The van der Waals surface area contributed by atoms with E-state index in [9.17, 15) is 5.11 Å². The van der Waals surface area contributed by atoms with Crippen LogP contribution in [0.15, 0.2) is 12.5 Å². The number of nitrogens with zero attached hydrogens (tertiary/aromatic N) is 1. The molecule has 0 amide bonds. The highest BCUT2D eigenvalue weighted by molar-refractivity contribution is 4.94. The molecule has 2 atom stereocenters. The van der Waals surface area contributed by atoms with Crippen LogP contribution in [0.25, 0.3) is 0 Å². The van der Waals surface area contributed by atoms with Gasteiger partial charge in [0.15, 0.2) is 0 Å². The van der Waals surface area contributed by atoms with E-state index in [-0.39, 0.29) is 0 Å². The van der Waals surface area contributed by atoms with Crippen LogP contribution in [0.1, 0.15) is 38.3 Å². The van der Waals surface area contributed by atoms with Crippen molar-refractivity contribution in [1.82, 2.24) is 15.3 Å². The number of hydrogen-bond acceptors (Lipinski definition) is 3. The van der Waals surface area contributed by atoms with E-state index in [2.05, 4.69) is 22.2 Å². The Morgan fingerprint density at radius 2 is 2.56 bits per heavy atom. The van der Waals surface area contributed by atoms with Crippen molar-refractivity contribution in [3.05, 3.63) is 18.2 Å². The lowest BCUT2D eigenvalue weighted by molar-refractivity contribution is -0.0119. The highest BCUT2D eigenvalue weighted by atomic mass is 16.3. The zero-order valence-electron chi connectivity index (χ0n) is 9.87. The minimum atomic E-state index is -0.502. The Hall–Kier alpha value is -0.870. The molecule has 1 heterocycles. The van der Waals surface area contributed by atoms with Gasteiger partial charge in [-0.3, -0.25) is 0 Å². The van der Waals surface area contributed by atoms with Gasteiger partial charge in [0.1, 0.15) is 0 Å². The molecule has 0 spiro atoms. The van der Waals surface area contributed by atoms with Gasteiger partial charge >= 0.3 is 0 Å². The maximum Gasteiger partial charge on any atom is 0.0922 e. The van der Waals surface area contributed by atoms with Gasteiger partial charge in [0.25, 0.3) is 0 Å². The number of imidazole rings is 1. The zero-order chi connectivity index (χ0) is 11.4. The highest BCUT2D eigenvalue weighted by Gasteiger charge is 2.31. The van der Waals surface area contributed by atoms with E-state index < -0.39 is 5.60 Å². The molecule has 1 fully saturated rings. The molecule has 1 aromatic rings. The Kier molecular flexibility index (Phi) is 3.61. The summed E-state index contributed by atoms with van der Waals surface area (Å²) in [7, 11) is 0. The summed E-state index contributed by atoms with van der Waals surface area (Å²) in [5.74, 6) is 0.646. The second kappa shape index (κ2) is 4.97. The maximum absolute atomic E-state index is 10.4. The van der Waals surface area contributed by atoms with Crippen LogP contribution in [0.2, 0.25) is 0 Å². The third kappa shape index (κ3) is 3.06. The number of aromatic nitrogens is 2. The third-order valence-electron chi connectivity index (χ3n) is 3.39. The van der Waals surface area contributed by atoms with Crippen LogP contribution in [0.3, 0.4) is 0 Å². The lowest BCUT2D eigenvalue weighted by Gasteiger charge is -2.35. The van der Waals surface area contributed by atoms with Crippen molar-refractivity contribution in [1.29, 1.82) is 0 Å². The molecule has 90 valence electrons. The van der Waals surface area contributed by atoms with E-state index in [1.807, 2.05) is 0 Å². The first kappa shape index (κ1) is 11.6. The Morgan fingerprint density at radius 1 is 1.69 bits per heavy atom. The average molecular weight is 223 g/mol. The molecule has 16 heavy (non-hydrogen) atoms. The number of H-pyrrole nitrogens is 1. The Bertz CT molecular complexity index is 312. The van der Waals surface area contributed by atoms with Crippen molar-refractivity contribution in [3.8, 4) is 0 Å². The van der Waals surface area contributed by atoms with E-state index in [4.69, 9.17) is 0 Å². The van der Waals surface area contributed by atoms with Crippen LogP contribution in [0.4, 0.5) is 0 Å². The lowest BCUT2D eigenvalue weighted by atomic mass is 9.79. The first-order chi connectivity index (χ1) is 7.68. The molecule has 0 aromatic carbocycles. The van der Waals surface area contributed by atoms with Crippen molar-refractivity contribution in [2.75, 3.05) is 6.54 Å². The standard InChI is InChI=1S/C12H21N3O/c1-10-3-2-4-12(16,5-10)8-13-6-11-7-14-9-15-11/h7,9-10,13,16H,2-6,8H2,1H3,(H,14,15). The second-order valence-corrected chi connectivity index (χ2v) is 5.11. The summed E-state index contributed by atoms with van der Waals surface area (Å²) >= 11 is 0. The van der Waals surface area contributed by atoms with Gasteiger partial charge < -0.3 is 15.4 Å². The predicted molar refractivity (Wildman–Crippen MR) is 62.9 cm³/mol. The van der Waals surface area contributed by atoms with Gasteiger partial charge in [0.2, 0.25) is 0 Å². The van der Waals surface area contributed by atoms with Gasteiger partial charge in [-0.15, -0.1) is 0 Å². The molecule has 1 saturated carbocycles. The number of nitrogens with one attached hydrogen (secondary N) is 2. The van der Waals surface area contributed by atoms with Crippen molar-refractivity contribution in [3.63, 3.8) is 0 Å². The Morgan fingerprint density at radius 3 is 3.25 bits per heavy atom. The molecular weight excluding hydrogens is 202 g/mol. The van der Waals surface area contributed by atoms with Gasteiger partial charge in [-0.2, -0.15) is 0 Å². The monoisotopic (exact) mass is 223 g/mol. The molecule has 0 aliphatic heterocycles. The molecule has 3 N–H and O–H groups in total. The summed E-state index contributed by atoms with van der Waals surface area (Å²) in [6.45, 7) is 3.64. The first-order valence-corrected chi connectivity index (χ1v) is 6.08. The van der Waals surface area contributed by atoms with Crippen LogP contribution in [0.5, 0.6) is 0 Å². The number of aromatic amines is 1. The van der Waals surface area contributed by atoms with Crippen LogP contribution in [-0.2, 0) is 6.54 Å².